The summed E-state index contributed by atoms with van der Waals surface area (Å²) in [6.45, 7) is 0. The Balaban J connectivity index is 1.81. The molecule has 3 aromatic rings. The standard InChI is InChI=1S/C14H13ClN6O/c1-22-14-9(3-2-6-16-14)17-10-7-11(15)20-21-12(8-4-5-8)18-19-13(10)21/h2-3,6-8,17H,4-5H2,1H3. The number of methoxy groups -OCH3 is 1. The van der Waals surface area contributed by atoms with Crippen molar-refractivity contribution in [2.24, 2.45) is 0 Å². The highest BCUT2D eigenvalue weighted by Gasteiger charge is 2.30. The number of ether oxygens (including phenoxy) is 1. The van der Waals surface area contributed by atoms with Crippen molar-refractivity contribution < 1.29 is 4.74 Å². The van der Waals surface area contributed by atoms with Gasteiger partial charge in [-0.25, -0.2) is 4.98 Å². The minimum atomic E-state index is 0.375. The number of halogens is 1. The van der Waals surface area contributed by atoms with Crippen molar-refractivity contribution in [3.63, 3.8) is 0 Å². The molecule has 0 aromatic carbocycles. The average Bonchev–Trinajstić information content (AvgIpc) is 3.28. The van der Waals surface area contributed by atoms with E-state index in [1.54, 1.807) is 23.9 Å². The van der Waals surface area contributed by atoms with Crippen molar-refractivity contribution in [2.75, 3.05) is 12.4 Å². The predicted molar refractivity (Wildman–Crippen MR) is 81.8 cm³/mol. The van der Waals surface area contributed by atoms with Crippen LogP contribution in [0.2, 0.25) is 5.15 Å². The number of rotatable bonds is 4. The molecule has 1 aliphatic rings. The van der Waals surface area contributed by atoms with Gasteiger partial charge in [0.15, 0.2) is 11.0 Å². The van der Waals surface area contributed by atoms with E-state index in [-0.39, 0.29) is 0 Å². The average molecular weight is 317 g/mol. The molecule has 3 aromatic heterocycles. The first kappa shape index (κ1) is 13.3. The minimum Gasteiger partial charge on any atom is -0.480 e. The highest BCUT2D eigenvalue weighted by molar-refractivity contribution is 6.29. The number of aromatic nitrogens is 5. The fourth-order valence-electron chi connectivity index (χ4n) is 2.35. The molecule has 0 aliphatic heterocycles. The van der Waals surface area contributed by atoms with Crippen LogP contribution in [-0.4, -0.2) is 31.9 Å². The van der Waals surface area contributed by atoms with Gasteiger partial charge in [-0.05, 0) is 25.0 Å². The van der Waals surface area contributed by atoms with Gasteiger partial charge in [-0.3, -0.25) is 0 Å². The predicted octanol–water partition coefficient (Wildman–Crippen LogP) is 2.80. The van der Waals surface area contributed by atoms with Gasteiger partial charge in [0.25, 0.3) is 0 Å². The first-order valence-corrected chi connectivity index (χ1v) is 7.32. The van der Waals surface area contributed by atoms with Gasteiger partial charge in [-0.1, -0.05) is 11.6 Å². The molecule has 0 bridgehead atoms. The second-order valence-electron chi connectivity index (χ2n) is 5.13. The Hall–Kier alpha value is -2.41. The van der Waals surface area contributed by atoms with E-state index < -0.39 is 0 Å². The maximum atomic E-state index is 6.14. The molecular formula is C14H13ClN6O. The molecule has 8 heteroatoms. The van der Waals surface area contributed by atoms with Crippen LogP contribution in [0.1, 0.15) is 24.6 Å². The largest absolute Gasteiger partial charge is 0.480 e. The number of fused-ring (bicyclic) bond motifs is 1. The van der Waals surface area contributed by atoms with Crippen LogP contribution in [0.15, 0.2) is 24.4 Å². The van der Waals surface area contributed by atoms with E-state index in [0.29, 0.717) is 28.3 Å². The normalized spacial score (nSPS) is 14.3. The summed E-state index contributed by atoms with van der Waals surface area (Å²) >= 11 is 6.14. The molecule has 1 aliphatic carbocycles. The molecular weight excluding hydrogens is 304 g/mol. The molecule has 1 fully saturated rings. The molecule has 0 atom stereocenters. The van der Waals surface area contributed by atoms with Crippen LogP contribution < -0.4 is 10.1 Å². The number of nitrogens with one attached hydrogen (secondary N) is 1. The Kier molecular flexibility index (Phi) is 3.07. The summed E-state index contributed by atoms with van der Waals surface area (Å²) in [6.07, 6.45) is 3.91. The highest BCUT2D eigenvalue weighted by Crippen LogP contribution is 2.39. The fourth-order valence-corrected chi connectivity index (χ4v) is 2.53. The number of hydrogen-bond acceptors (Lipinski definition) is 6. The van der Waals surface area contributed by atoms with E-state index >= 15 is 0 Å². The zero-order chi connectivity index (χ0) is 15.1. The summed E-state index contributed by atoms with van der Waals surface area (Å²) < 4.78 is 6.96. The van der Waals surface area contributed by atoms with E-state index in [4.69, 9.17) is 16.3 Å². The molecule has 22 heavy (non-hydrogen) atoms. The van der Waals surface area contributed by atoms with Crippen LogP contribution in [0.4, 0.5) is 11.4 Å². The summed E-state index contributed by atoms with van der Waals surface area (Å²) in [5, 5.41) is 16.4. The molecule has 0 amide bonds. The Bertz CT molecular complexity index is 844. The molecule has 1 N–H and O–H groups in total. The van der Waals surface area contributed by atoms with Crippen LogP contribution >= 0.6 is 11.6 Å². The zero-order valence-electron chi connectivity index (χ0n) is 11.8. The second kappa shape index (κ2) is 5.10. The molecule has 0 spiro atoms. The van der Waals surface area contributed by atoms with Gasteiger partial charge in [0.2, 0.25) is 11.5 Å². The minimum absolute atomic E-state index is 0.375. The van der Waals surface area contributed by atoms with Crippen molar-refractivity contribution in [2.45, 2.75) is 18.8 Å². The van der Waals surface area contributed by atoms with E-state index in [1.807, 2.05) is 12.1 Å². The van der Waals surface area contributed by atoms with Gasteiger partial charge in [0.05, 0.1) is 12.8 Å². The highest BCUT2D eigenvalue weighted by atomic mass is 35.5. The van der Waals surface area contributed by atoms with Gasteiger partial charge in [-0.15, -0.1) is 10.2 Å². The lowest BCUT2D eigenvalue weighted by Gasteiger charge is -2.10. The van der Waals surface area contributed by atoms with E-state index in [1.165, 1.54) is 0 Å². The van der Waals surface area contributed by atoms with Crippen LogP contribution in [0, 0.1) is 0 Å². The van der Waals surface area contributed by atoms with Crippen molar-refractivity contribution in [1.82, 2.24) is 24.8 Å². The topological polar surface area (TPSA) is 77.2 Å². The molecule has 0 radical (unpaired) electrons. The SMILES string of the molecule is COc1ncccc1Nc1cc(Cl)nn2c(C3CC3)nnc12. The zero-order valence-corrected chi connectivity index (χ0v) is 12.6. The first-order valence-electron chi connectivity index (χ1n) is 6.94. The molecule has 112 valence electrons. The van der Waals surface area contributed by atoms with Gasteiger partial charge < -0.3 is 10.1 Å². The number of pyridine rings is 1. The molecule has 0 unspecified atom stereocenters. The second-order valence-corrected chi connectivity index (χ2v) is 5.52. The van der Waals surface area contributed by atoms with Crippen molar-refractivity contribution in [1.29, 1.82) is 0 Å². The van der Waals surface area contributed by atoms with Crippen LogP contribution in [0.25, 0.3) is 5.65 Å². The molecule has 7 nitrogen and oxygen atoms in total. The van der Waals surface area contributed by atoms with Crippen molar-refractivity contribution >= 4 is 28.6 Å². The number of anilines is 2. The third kappa shape index (κ3) is 2.23. The first-order chi connectivity index (χ1) is 10.8. The van der Waals surface area contributed by atoms with Crippen LogP contribution in [0.5, 0.6) is 5.88 Å². The fraction of sp³-hybridized carbons (Fsp3) is 0.286. The maximum Gasteiger partial charge on any atom is 0.237 e. The molecule has 4 rings (SSSR count). The summed E-state index contributed by atoms with van der Waals surface area (Å²) in [6, 6.07) is 5.41. The van der Waals surface area contributed by atoms with Gasteiger partial charge in [0.1, 0.15) is 5.69 Å². The number of nitrogens with zero attached hydrogens (tertiary/aromatic N) is 5. The Labute approximate surface area is 131 Å². The Morgan fingerprint density at radius 3 is 2.95 bits per heavy atom. The Morgan fingerprint density at radius 2 is 2.18 bits per heavy atom. The van der Waals surface area contributed by atoms with Gasteiger partial charge >= 0.3 is 0 Å². The van der Waals surface area contributed by atoms with Crippen molar-refractivity contribution in [3.05, 3.63) is 35.4 Å². The summed E-state index contributed by atoms with van der Waals surface area (Å²) in [5.41, 5.74) is 2.08. The summed E-state index contributed by atoms with van der Waals surface area (Å²) in [7, 11) is 1.57. The van der Waals surface area contributed by atoms with Crippen LogP contribution in [0.3, 0.4) is 0 Å². The lowest BCUT2D eigenvalue weighted by molar-refractivity contribution is 0.400. The molecule has 1 saturated carbocycles. The summed E-state index contributed by atoms with van der Waals surface area (Å²) in [5.74, 6) is 1.79. The van der Waals surface area contributed by atoms with E-state index in [2.05, 4.69) is 25.6 Å². The molecule has 3 heterocycles. The quantitative estimate of drug-likeness (QED) is 0.797. The smallest absolute Gasteiger partial charge is 0.237 e. The van der Waals surface area contributed by atoms with Gasteiger partial charge in [0, 0.05) is 18.2 Å². The van der Waals surface area contributed by atoms with E-state index in [0.717, 1.165) is 24.4 Å². The number of hydrogen-bond donors (Lipinski definition) is 1. The Morgan fingerprint density at radius 1 is 1.32 bits per heavy atom. The maximum absolute atomic E-state index is 6.14. The van der Waals surface area contributed by atoms with Crippen molar-refractivity contribution in [3.8, 4) is 5.88 Å². The lowest BCUT2D eigenvalue weighted by Crippen LogP contribution is -2.02. The third-order valence-electron chi connectivity index (χ3n) is 3.54. The molecule has 0 saturated heterocycles. The monoisotopic (exact) mass is 316 g/mol. The third-order valence-corrected chi connectivity index (χ3v) is 3.73. The van der Waals surface area contributed by atoms with Gasteiger partial charge in [-0.2, -0.15) is 9.61 Å². The van der Waals surface area contributed by atoms with Crippen LogP contribution in [-0.2, 0) is 0 Å². The summed E-state index contributed by atoms with van der Waals surface area (Å²) in [4.78, 5) is 4.16. The lowest BCUT2D eigenvalue weighted by atomic mass is 10.3. The van der Waals surface area contributed by atoms with E-state index in [9.17, 15) is 0 Å².